The number of nitro groups is 1. The molecule has 24 heavy (non-hydrogen) atoms. The van der Waals surface area contributed by atoms with Crippen molar-refractivity contribution in [1.29, 1.82) is 0 Å². The highest BCUT2D eigenvalue weighted by Gasteiger charge is 2.11. The first-order chi connectivity index (χ1) is 11.6. The number of nitrogens with one attached hydrogen (secondary N) is 1. The molecule has 3 rings (SSSR count). The van der Waals surface area contributed by atoms with Crippen molar-refractivity contribution in [1.82, 2.24) is 9.55 Å². The van der Waals surface area contributed by atoms with E-state index in [2.05, 4.69) is 10.3 Å². The van der Waals surface area contributed by atoms with Gasteiger partial charge in [0.2, 0.25) is 0 Å². The maximum atomic E-state index is 12.3. The van der Waals surface area contributed by atoms with Crippen LogP contribution in [0, 0.1) is 10.1 Å². The van der Waals surface area contributed by atoms with Gasteiger partial charge < -0.3 is 9.88 Å². The van der Waals surface area contributed by atoms with Gasteiger partial charge in [-0.3, -0.25) is 14.9 Å². The zero-order valence-electron chi connectivity index (χ0n) is 12.6. The van der Waals surface area contributed by atoms with E-state index < -0.39 is 10.8 Å². The third kappa shape index (κ3) is 3.64. The summed E-state index contributed by atoms with van der Waals surface area (Å²) in [6.45, 7) is 0.639. The van der Waals surface area contributed by atoms with E-state index in [9.17, 15) is 14.9 Å². The number of hydrogen-bond donors (Lipinski definition) is 1. The van der Waals surface area contributed by atoms with Crippen LogP contribution in [0.3, 0.4) is 0 Å². The van der Waals surface area contributed by atoms with Crippen LogP contribution in [0.25, 0.3) is 0 Å². The Morgan fingerprint density at radius 2 is 2.04 bits per heavy atom. The number of nitrogens with zero attached hydrogens (tertiary/aromatic N) is 3. The summed E-state index contributed by atoms with van der Waals surface area (Å²) < 4.78 is 1.92. The zero-order chi connectivity index (χ0) is 16.9. The molecule has 2 aromatic carbocycles. The molecule has 0 radical (unpaired) electrons. The highest BCUT2D eigenvalue weighted by molar-refractivity contribution is 6.04. The second kappa shape index (κ2) is 6.74. The lowest BCUT2D eigenvalue weighted by molar-refractivity contribution is -0.384. The number of hydrogen-bond acceptors (Lipinski definition) is 4. The van der Waals surface area contributed by atoms with Gasteiger partial charge in [-0.15, -0.1) is 0 Å². The standard InChI is InChI=1S/C17H14N4O3/c22-17(14-4-2-6-16(10-14)21(23)24)19-15-5-1-3-13(9-15)11-20-8-7-18-12-20/h1-10,12H,11H2,(H,19,22). The van der Waals surface area contributed by atoms with Gasteiger partial charge in [-0.1, -0.05) is 18.2 Å². The number of benzene rings is 2. The van der Waals surface area contributed by atoms with Crippen molar-refractivity contribution in [3.05, 3.63) is 88.5 Å². The van der Waals surface area contributed by atoms with Gasteiger partial charge in [0.1, 0.15) is 0 Å². The molecule has 7 nitrogen and oxygen atoms in total. The molecule has 0 saturated carbocycles. The monoisotopic (exact) mass is 322 g/mol. The highest BCUT2D eigenvalue weighted by atomic mass is 16.6. The van der Waals surface area contributed by atoms with E-state index >= 15 is 0 Å². The normalized spacial score (nSPS) is 10.3. The number of rotatable bonds is 5. The first-order valence-corrected chi connectivity index (χ1v) is 7.22. The summed E-state index contributed by atoms with van der Waals surface area (Å²) in [5.74, 6) is -0.390. The van der Waals surface area contributed by atoms with Gasteiger partial charge in [0.15, 0.2) is 0 Å². The topological polar surface area (TPSA) is 90.1 Å². The smallest absolute Gasteiger partial charge is 0.270 e. The zero-order valence-corrected chi connectivity index (χ0v) is 12.6. The number of anilines is 1. The highest BCUT2D eigenvalue weighted by Crippen LogP contribution is 2.16. The van der Waals surface area contributed by atoms with Crippen LogP contribution in [-0.4, -0.2) is 20.4 Å². The Balaban J connectivity index is 1.74. The quantitative estimate of drug-likeness (QED) is 0.577. The first kappa shape index (κ1) is 15.4. The summed E-state index contributed by atoms with van der Waals surface area (Å²) in [6.07, 6.45) is 5.27. The van der Waals surface area contributed by atoms with Gasteiger partial charge in [-0.2, -0.15) is 0 Å². The van der Waals surface area contributed by atoms with E-state index in [4.69, 9.17) is 0 Å². The summed E-state index contributed by atoms with van der Waals surface area (Å²) >= 11 is 0. The lowest BCUT2D eigenvalue weighted by Crippen LogP contribution is -2.12. The van der Waals surface area contributed by atoms with Crippen molar-refractivity contribution < 1.29 is 9.72 Å². The van der Waals surface area contributed by atoms with E-state index in [1.807, 2.05) is 29.0 Å². The summed E-state index contributed by atoms with van der Waals surface area (Å²) in [5.41, 5.74) is 1.76. The second-order valence-corrected chi connectivity index (χ2v) is 5.20. The minimum Gasteiger partial charge on any atom is -0.333 e. The van der Waals surface area contributed by atoms with Crippen LogP contribution >= 0.6 is 0 Å². The molecule has 0 aliphatic rings. The van der Waals surface area contributed by atoms with Crippen molar-refractivity contribution in [3.63, 3.8) is 0 Å². The molecule has 1 amide bonds. The van der Waals surface area contributed by atoms with Crippen molar-refractivity contribution in [2.75, 3.05) is 5.32 Å². The Morgan fingerprint density at radius 3 is 2.79 bits per heavy atom. The molecule has 0 atom stereocenters. The van der Waals surface area contributed by atoms with Gasteiger partial charge in [0.25, 0.3) is 11.6 Å². The molecular formula is C17H14N4O3. The summed E-state index contributed by atoms with van der Waals surface area (Å²) in [5, 5.41) is 13.6. The van der Waals surface area contributed by atoms with E-state index in [0.29, 0.717) is 12.2 Å². The number of non-ortho nitro benzene ring substituents is 1. The number of imidazole rings is 1. The third-order valence-electron chi connectivity index (χ3n) is 3.43. The van der Waals surface area contributed by atoms with Crippen LogP contribution in [0.1, 0.15) is 15.9 Å². The fourth-order valence-corrected chi connectivity index (χ4v) is 2.30. The number of aromatic nitrogens is 2. The lowest BCUT2D eigenvalue weighted by Gasteiger charge is -2.08. The molecule has 0 fully saturated rings. The minimum absolute atomic E-state index is 0.114. The Labute approximate surface area is 137 Å². The fraction of sp³-hybridized carbons (Fsp3) is 0.0588. The van der Waals surface area contributed by atoms with Crippen molar-refractivity contribution in [2.24, 2.45) is 0 Å². The summed E-state index contributed by atoms with van der Waals surface area (Å²) in [6, 6.07) is 13.0. The van der Waals surface area contributed by atoms with E-state index in [1.165, 1.54) is 24.3 Å². The Morgan fingerprint density at radius 1 is 1.21 bits per heavy atom. The molecule has 0 aliphatic carbocycles. The van der Waals surface area contributed by atoms with Gasteiger partial charge in [-0.05, 0) is 23.8 Å². The van der Waals surface area contributed by atoms with Gasteiger partial charge in [-0.25, -0.2) is 4.98 Å². The molecule has 0 spiro atoms. The van der Waals surface area contributed by atoms with Crippen LogP contribution in [0.15, 0.2) is 67.3 Å². The molecule has 120 valence electrons. The SMILES string of the molecule is O=C(Nc1cccc(Cn2ccnc2)c1)c1cccc([N+](=O)[O-])c1. The Kier molecular flexibility index (Phi) is 4.33. The van der Waals surface area contributed by atoms with Gasteiger partial charge >= 0.3 is 0 Å². The van der Waals surface area contributed by atoms with Gasteiger partial charge in [0, 0.05) is 42.3 Å². The van der Waals surface area contributed by atoms with Crippen LogP contribution in [-0.2, 0) is 6.54 Å². The van der Waals surface area contributed by atoms with E-state index in [-0.39, 0.29) is 11.3 Å². The lowest BCUT2D eigenvalue weighted by atomic mass is 10.1. The number of amides is 1. The molecule has 1 N–H and O–H groups in total. The average molecular weight is 322 g/mol. The predicted molar refractivity (Wildman–Crippen MR) is 88.8 cm³/mol. The molecular weight excluding hydrogens is 308 g/mol. The third-order valence-corrected chi connectivity index (χ3v) is 3.43. The van der Waals surface area contributed by atoms with Crippen LogP contribution in [0.2, 0.25) is 0 Å². The fourth-order valence-electron chi connectivity index (χ4n) is 2.30. The molecule has 1 aromatic heterocycles. The van der Waals surface area contributed by atoms with Crippen molar-refractivity contribution >= 4 is 17.3 Å². The van der Waals surface area contributed by atoms with Crippen molar-refractivity contribution in [2.45, 2.75) is 6.54 Å². The maximum absolute atomic E-state index is 12.3. The first-order valence-electron chi connectivity index (χ1n) is 7.22. The predicted octanol–water partition coefficient (Wildman–Crippen LogP) is 3.09. The minimum atomic E-state index is -0.525. The summed E-state index contributed by atoms with van der Waals surface area (Å²) in [4.78, 5) is 26.5. The second-order valence-electron chi connectivity index (χ2n) is 5.20. The number of carbonyl (C=O) groups excluding carboxylic acids is 1. The molecule has 7 heteroatoms. The molecule has 0 unspecified atom stereocenters. The Bertz CT molecular complexity index is 875. The van der Waals surface area contributed by atoms with Crippen LogP contribution < -0.4 is 5.32 Å². The number of carbonyl (C=O) groups is 1. The largest absolute Gasteiger partial charge is 0.333 e. The maximum Gasteiger partial charge on any atom is 0.270 e. The molecule has 3 aromatic rings. The Hall–Kier alpha value is -3.48. The summed E-state index contributed by atoms with van der Waals surface area (Å²) in [7, 11) is 0. The van der Waals surface area contributed by atoms with Crippen LogP contribution in [0.5, 0.6) is 0 Å². The van der Waals surface area contributed by atoms with E-state index in [1.54, 1.807) is 18.6 Å². The average Bonchev–Trinajstić information content (AvgIpc) is 3.08. The number of nitro benzene ring substituents is 1. The van der Waals surface area contributed by atoms with Crippen molar-refractivity contribution in [3.8, 4) is 0 Å². The van der Waals surface area contributed by atoms with E-state index in [0.717, 1.165) is 5.56 Å². The molecule has 0 bridgehead atoms. The van der Waals surface area contributed by atoms with Gasteiger partial charge in [0.05, 0.1) is 11.3 Å². The molecule has 0 aliphatic heterocycles. The molecule has 1 heterocycles. The van der Waals surface area contributed by atoms with Crippen LogP contribution in [0.4, 0.5) is 11.4 Å². The molecule has 0 saturated heterocycles.